The Morgan fingerprint density at radius 3 is 2.76 bits per heavy atom. The molecule has 0 saturated carbocycles. The summed E-state index contributed by atoms with van der Waals surface area (Å²) in [5.41, 5.74) is 0.782. The minimum Gasteiger partial charge on any atom is -0.305 e. The summed E-state index contributed by atoms with van der Waals surface area (Å²) in [5.74, 6) is 0.877. The van der Waals surface area contributed by atoms with E-state index >= 15 is 0 Å². The Balaban J connectivity index is 2.66. The van der Waals surface area contributed by atoms with E-state index in [-0.39, 0.29) is 11.5 Å². The minimum absolute atomic E-state index is 0.0698. The lowest BCUT2D eigenvalue weighted by atomic mass is 10.1. The Hall–Kier alpha value is -0.210. The number of aromatic amines is 1. The van der Waals surface area contributed by atoms with Crippen LogP contribution >= 0.6 is 49.9 Å². The molecule has 0 aliphatic heterocycles. The molecule has 0 aromatic carbocycles. The third-order valence-electron chi connectivity index (χ3n) is 2.27. The highest BCUT2D eigenvalue weighted by Gasteiger charge is 2.15. The summed E-state index contributed by atoms with van der Waals surface area (Å²) in [6.45, 7) is 4.08. The number of rotatable bonds is 2. The van der Waals surface area contributed by atoms with Crippen LogP contribution in [0.15, 0.2) is 20.7 Å². The molecule has 6 heteroatoms. The van der Waals surface area contributed by atoms with Crippen LogP contribution in [-0.2, 0) is 0 Å². The Morgan fingerprint density at radius 2 is 2.24 bits per heavy atom. The lowest BCUT2D eigenvalue weighted by molar-refractivity contribution is 0.803. The summed E-state index contributed by atoms with van der Waals surface area (Å²) < 4.78 is 1.63. The monoisotopic (exact) mass is 424 g/mol. The minimum atomic E-state index is -0.0698. The van der Waals surface area contributed by atoms with E-state index in [2.05, 4.69) is 25.9 Å². The third-order valence-corrected chi connectivity index (χ3v) is 5.15. The van der Waals surface area contributed by atoms with Crippen molar-refractivity contribution in [2.45, 2.75) is 19.8 Å². The number of nitrogens with zero attached hydrogens (tertiary/aromatic N) is 1. The predicted molar refractivity (Wildman–Crippen MR) is 82.7 cm³/mol. The molecule has 0 radical (unpaired) electrons. The van der Waals surface area contributed by atoms with Crippen molar-refractivity contribution in [1.29, 1.82) is 0 Å². The summed E-state index contributed by atoms with van der Waals surface area (Å²) in [4.78, 5) is 20.2. The molecule has 0 aliphatic rings. The van der Waals surface area contributed by atoms with Crippen LogP contribution in [0, 0.1) is 3.57 Å². The largest absolute Gasteiger partial charge is 0.305 e. The van der Waals surface area contributed by atoms with Crippen LogP contribution in [0.3, 0.4) is 0 Å². The third kappa shape index (κ3) is 2.63. The van der Waals surface area contributed by atoms with Crippen LogP contribution < -0.4 is 5.56 Å². The summed E-state index contributed by atoms with van der Waals surface area (Å²) >= 11 is 7.06. The molecule has 0 fully saturated rings. The van der Waals surface area contributed by atoms with Gasteiger partial charge in [0.2, 0.25) is 0 Å². The maximum Gasteiger partial charge on any atom is 0.264 e. The lowest BCUT2D eigenvalue weighted by Gasteiger charge is -2.08. The zero-order valence-corrected chi connectivity index (χ0v) is 13.8. The SMILES string of the molecule is CC(C)c1nc(-c2sccc2Br)[nH]c(=O)c1I. The van der Waals surface area contributed by atoms with Crippen LogP contribution in [0.2, 0.25) is 0 Å². The predicted octanol–water partition coefficient (Wildman–Crippen LogP) is 3.99. The zero-order valence-electron chi connectivity index (χ0n) is 9.25. The number of hydrogen-bond donors (Lipinski definition) is 1. The van der Waals surface area contributed by atoms with Gasteiger partial charge < -0.3 is 4.98 Å². The number of H-pyrrole nitrogens is 1. The van der Waals surface area contributed by atoms with Gasteiger partial charge in [-0.2, -0.15) is 0 Å². The van der Waals surface area contributed by atoms with Gasteiger partial charge in [-0.25, -0.2) is 4.98 Å². The smallest absolute Gasteiger partial charge is 0.264 e. The van der Waals surface area contributed by atoms with Crippen LogP contribution in [0.4, 0.5) is 0 Å². The van der Waals surface area contributed by atoms with Gasteiger partial charge in [-0.05, 0) is 55.9 Å². The van der Waals surface area contributed by atoms with E-state index in [9.17, 15) is 4.79 Å². The molecule has 90 valence electrons. The summed E-state index contributed by atoms with van der Waals surface area (Å²) in [6.07, 6.45) is 0. The molecule has 0 bridgehead atoms. The maximum atomic E-state index is 11.9. The normalized spacial score (nSPS) is 11.1. The molecule has 0 spiro atoms. The second kappa shape index (κ2) is 5.19. The van der Waals surface area contributed by atoms with Crippen molar-refractivity contribution in [3.05, 3.63) is 35.5 Å². The van der Waals surface area contributed by atoms with Crippen molar-refractivity contribution >= 4 is 49.9 Å². The molecule has 2 aromatic rings. The van der Waals surface area contributed by atoms with Crippen molar-refractivity contribution in [3.63, 3.8) is 0 Å². The molecule has 0 atom stereocenters. The van der Waals surface area contributed by atoms with Crippen LogP contribution in [-0.4, -0.2) is 9.97 Å². The van der Waals surface area contributed by atoms with E-state index in [0.717, 1.165) is 15.0 Å². The van der Waals surface area contributed by atoms with Gasteiger partial charge in [0.25, 0.3) is 5.56 Å². The number of aromatic nitrogens is 2. The van der Waals surface area contributed by atoms with Crippen molar-refractivity contribution in [2.24, 2.45) is 0 Å². The fourth-order valence-corrected chi connectivity index (χ4v) is 3.81. The van der Waals surface area contributed by atoms with Gasteiger partial charge in [0.05, 0.1) is 14.1 Å². The highest BCUT2D eigenvalue weighted by Crippen LogP contribution is 2.31. The average Bonchev–Trinajstić information content (AvgIpc) is 2.68. The Kier molecular flexibility index (Phi) is 4.04. The molecule has 2 aromatic heterocycles. The Labute approximate surface area is 125 Å². The first-order valence-electron chi connectivity index (χ1n) is 5.03. The maximum absolute atomic E-state index is 11.9. The quantitative estimate of drug-likeness (QED) is 0.741. The molecule has 0 amide bonds. The van der Waals surface area contributed by atoms with E-state index in [1.807, 2.05) is 47.9 Å². The number of halogens is 2. The number of nitrogens with one attached hydrogen (secondary N) is 1. The van der Waals surface area contributed by atoms with Gasteiger partial charge in [0, 0.05) is 4.47 Å². The van der Waals surface area contributed by atoms with Crippen LogP contribution in [0.25, 0.3) is 10.7 Å². The second-order valence-corrected chi connectivity index (χ2v) is 6.72. The second-order valence-electron chi connectivity index (χ2n) is 3.87. The number of thiophene rings is 1. The van der Waals surface area contributed by atoms with Crippen LogP contribution in [0.1, 0.15) is 25.5 Å². The molecule has 2 rings (SSSR count). The molecular formula is C11H10BrIN2OS. The molecule has 17 heavy (non-hydrogen) atoms. The molecular weight excluding hydrogens is 415 g/mol. The topological polar surface area (TPSA) is 45.8 Å². The molecule has 0 aliphatic carbocycles. The first-order chi connectivity index (χ1) is 8.00. The van der Waals surface area contributed by atoms with E-state index < -0.39 is 0 Å². The fourth-order valence-electron chi connectivity index (χ4n) is 1.43. The van der Waals surface area contributed by atoms with Gasteiger partial charge in [-0.3, -0.25) is 4.79 Å². The molecule has 3 nitrogen and oxygen atoms in total. The first kappa shape index (κ1) is 13.2. The van der Waals surface area contributed by atoms with E-state index in [4.69, 9.17) is 0 Å². The Bertz CT molecular complexity index is 606. The molecule has 0 saturated heterocycles. The van der Waals surface area contributed by atoms with E-state index in [0.29, 0.717) is 9.39 Å². The summed E-state index contributed by atoms with van der Waals surface area (Å²) in [6, 6.07) is 1.95. The van der Waals surface area contributed by atoms with Crippen molar-refractivity contribution < 1.29 is 0 Å². The highest BCUT2D eigenvalue weighted by atomic mass is 127. The number of hydrogen-bond acceptors (Lipinski definition) is 3. The molecule has 1 N–H and O–H groups in total. The van der Waals surface area contributed by atoms with Crippen molar-refractivity contribution in [3.8, 4) is 10.7 Å². The van der Waals surface area contributed by atoms with Gasteiger partial charge in [-0.15, -0.1) is 11.3 Å². The highest BCUT2D eigenvalue weighted by molar-refractivity contribution is 14.1. The zero-order chi connectivity index (χ0) is 12.6. The summed E-state index contributed by atoms with van der Waals surface area (Å²) in [7, 11) is 0. The van der Waals surface area contributed by atoms with Crippen molar-refractivity contribution in [1.82, 2.24) is 9.97 Å². The Morgan fingerprint density at radius 1 is 1.53 bits per heavy atom. The molecule has 0 unspecified atom stereocenters. The van der Waals surface area contributed by atoms with Gasteiger partial charge in [0.1, 0.15) is 0 Å². The summed E-state index contributed by atoms with van der Waals surface area (Å²) in [5, 5.41) is 1.96. The average molecular weight is 425 g/mol. The lowest BCUT2D eigenvalue weighted by Crippen LogP contribution is -2.16. The van der Waals surface area contributed by atoms with Crippen molar-refractivity contribution in [2.75, 3.05) is 0 Å². The van der Waals surface area contributed by atoms with Gasteiger partial charge >= 0.3 is 0 Å². The van der Waals surface area contributed by atoms with E-state index in [1.54, 1.807) is 11.3 Å². The van der Waals surface area contributed by atoms with E-state index in [1.165, 1.54) is 0 Å². The standard InChI is InChI=1S/C11H10BrIN2OS/c1-5(2)8-7(13)11(16)15-10(14-8)9-6(12)3-4-17-9/h3-5H,1-2H3,(H,14,15,16). The molecule has 2 heterocycles. The van der Waals surface area contributed by atoms with Crippen LogP contribution in [0.5, 0.6) is 0 Å². The van der Waals surface area contributed by atoms with Gasteiger partial charge in [0.15, 0.2) is 5.82 Å². The van der Waals surface area contributed by atoms with Gasteiger partial charge in [-0.1, -0.05) is 13.8 Å². The fraction of sp³-hybridized carbons (Fsp3) is 0.273. The first-order valence-corrected chi connectivity index (χ1v) is 7.79.